The van der Waals surface area contributed by atoms with Gasteiger partial charge >= 0.3 is 11.7 Å². The van der Waals surface area contributed by atoms with Crippen molar-refractivity contribution in [2.75, 3.05) is 11.9 Å². The van der Waals surface area contributed by atoms with E-state index < -0.39 is 16.4 Å². The zero-order chi connectivity index (χ0) is 14.0. The number of nitro groups is 1. The molecular weight excluding hydrogens is 276 g/mol. The Hall–Kier alpha value is -1.96. The molecule has 2 rings (SSSR count). The fourth-order valence-electron chi connectivity index (χ4n) is 1.58. The van der Waals surface area contributed by atoms with Crippen LogP contribution in [0.15, 0.2) is 6.20 Å². The quantitative estimate of drug-likeness (QED) is 0.378. The van der Waals surface area contributed by atoms with Crippen molar-refractivity contribution in [1.29, 1.82) is 0 Å². The summed E-state index contributed by atoms with van der Waals surface area (Å²) < 4.78 is 4.92. The van der Waals surface area contributed by atoms with Gasteiger partial charge in [0.15, 0.2) is 0 Å². The molecule has 19 heavy (non-hydrogen) atoms. The number of ether oxygens (including phenoxy) is 1. The van der Waals surface area contributed by atoms with E-state index in [1.807, 2.05) is 0 Å². The number of esters is 1. The summed E-state index contributed by atoms with van der Waals surface area (Å²) >= 11 is 5.61. The highest BCUT2D eigenvalue weighted by Gasteiger charge is 2.52. The summed E-state index contributed by atoms with van der Waals surface area (Å²) in [6.07, 6.45) is 2.06. The molecule has 0 amide bonds. The number of halogens is 1. The van der Waals surface area contributed by atoms with Gasteiger partial charge in [-0.3, -0.25) is 10.1 Å². The van der Waals surface area contributed by atoms with E-state index in [1.54, 1.807) is 6.92 Å². The molecule has 0 unspecified atom stereocenters. The van der Waals surface area contributed by atoms with Gasteiger partial charge < -0.3 is 10.1 Å². The van der Waals surface area contributed by atoms with E-state index in [0.29, 0.717) is 12.8 Å². The molecule has 1 aliphatic carbocycles. The number of rotatable bonds is 5. The largest absolute Gasteiger partial charge is 0.464 e. The van der Waals surface area contributed by atoms with E-state index in [0.717, 1.165) is 6.20 Å². The standard InChI is InChI=1S/C10H11ClN4O4/c1-2-19-8(16)10(3-4-10)14-7-6(15(17)18)5-12-9(11)13-7/h5H,2-4H2,1H3,(H,12,13,14). The van der Waals surface area contributed by atoms with Crippen molar-refractivity contribution in [1.82, 2.24) is 9.97 Å². The van der Waals surface area contributed by atoms with Crippen molar-refractivity contribution in [2.24, 2.45) is 0 Å². The van der Waals surface area contributed by atoms with E-state index in [9.17, 15) is 14.9 Å². The topological polar surface area (TPSA) is 107 Å². The van der Waals surface area contributed by atoms with Crippen LogP contribution in [0.25, 0.3) is 0 Å². The summed E-state index contributed by atoms with van der Waals surface area (Å²) in [5.74, 6) is -0.519. The van der Waals surface area contributed by atoms with Crippen LogP contribution < -0.4 is 5.32 Å². The van der Waals surface area contributed by atoms with E-state index >= 15 is 0 Å². The molecule has 0 bridgehead atoms. The summed E-state index contributed by atoms with van der Waals surface area (Å²) in [7, 11) is 0. The van der Waals surface area contributed by atoms with Gasteiger partial charge in [0.05, 0.1) is 11.5 Å². The number of hydrogen-bond acceptors (Lipinski definition) is 7. The molecule has 0 atom stereocenters. The van der Waals surface area contributed by atoms with Crippen molar-refractivity contribution in [3.63, 3.8) is 0 Å². The van der Waals surface area contributed by atoms with E-state index in [1.165, 1.54) is 0 Å². The minimum absolute atomic E-state index is 0.0736. The van der Waals surface area contributed by atoms with Crippen LogP contribution >= 0.6 is 11.6 Å². The van der Waals surface area contributed by atoms with Gasteiger partial charge in [0, 0.05) is 0 Å². The maximum absolute atomic E-state index is 11.8. The molecule has 1 N–H and O–H groups in total. The third kappa shape index (κ3) is 2.73. The second-order valence-electron chi connectivity index (χ2n) is 4.06. The molecule has 9 heteroatoms. The third-order valence-corrected chi connectivity index (χ3v) is 2.89. The molecule has 1 fully saturated rings. The zero-order valence-corrected chi connectivity index (χ0v) is 10.8. The lowest BCUT2D eigenvalue weighted by molar-refractivity contribution is -0.384. The summed E-state index contributed by atoms with van der Waals surface area (Å²) in [6, 6.07) is 0. The molecule has 0 radical (unpaired) electrons. The molecule has 1 saturated carbocycles. The van der Waals surface area contributed by atoms with Gasteiger partial charge in [-0.05, 0) is 31.4 Å². The van der Waals surface area contributed by atoms with E-state index in [2.05, 4.69) is 15.3 Å². The van der Waals surface area contributed by atoms with Crippen molar-refractivity contribution in [2.45, 2.75) is 25.3 Å². The minimum atomic E-state index is -0.932. The summed E-state index contributed by atoms with van der Waals surface area (Å²) in [4.78, 5) is 29.3. The Morgan fingerprint density at radius 1 is 1.68 bits per heavy atom. The first-order valence-corrected chi connectivity index (χ1v) is 5.98. The minimum Gasteiger partial charge on any atom is -0.464 e. The van der Waals surface area contributed by atoms with Gasteiger partial charge in [-0.2, -0.15) is 4.98 Å². The zero-order valence-electron chi connectivity index (χ0n) is 10.1. The molecule has 8 nitrogen and oxygen atoms in total. The van der Waals surface area contributed by atoms with Gasteiger partial charge in [-0.1, -0.05) is 0 Å². The fourth-order valence-corrected chi connectivity index (χ4v) is 1.71. The van der Waals surface area contributed by atoms with Crippen molar-refractivity contribution in [3.05, 3.63) is 21.6 Å². The summed E-state index contributed by atoms with van der Waals surface area (Å²) in [6.45, 7) is 1.94. The highest BCUT2D eigenvalue weighted by atomic mass is 35.5. The monoisotopic (exact) mass is 286 g/mol. The van der Waals surface area contributed by atoms with Crippen LogP contribution in [0.3, 0.4) is 0 Å². The Balaban J connectivity index is 2.26. The van der Waals surface area contributed by atoms with Gasteiger partial charge in [0.1, 0.15) is 11.7 Å². The first kappa shape index (κ1) is 13.5. The molecule has 0 aromatic carbocycles. The molecule has 0 saturated heterocycles. The smallest absolute Gasteiger partial charge is 0.331 e. The average Bonchev–Trinajstić information content (AvgIpc) is 3.10. The SMILES string of the molecule is CCOC(=O)C1(Nc2nc(Cl)ncc2[N+](=O)[O-])CC1. The fraction of sp³-hybridized carbons (Fsp3) is 0.500. The predicted octanol–water partition coefficient (Wildman–Crippen LogP) is 1.55. The maximum Gasteiger partial charge on any atom is 0.331 e. The van der Waals surface area contributed by atoms with Crippen LogP contribution in [0.2, 0.25) is 5.28 Å². The second-order valence-corrected chi connectivity index (χ2v) is 4.40. The molecule has 102 valence electrons. The Labute approximate surface area is 113 Å². The third-order valence-electron chi connectivity index (χ3n) is 2.71. The highest BCUT2D eigenvalue weighted by Crippen LogP contribution is 2.41. The Morgan fingerprint density at radius 2 is 2.37 bits per heavy atom. The number of aromatic nitrogens is 2. The normalized spacial score (nSPS) is 15.7. The van der Waals surface area contributed by atoms with Gasteiger partial charge in [-0.15, -0.1) is 0 Å². The number of anilines is 1. The van der Waals surface area contributed by atoms with Gasteiger partial charge in [0.2, 0.25) is 11.1 Å². The van der Waals surface area contributed by atoms with Crippen molar-refractivity contribution >= 4 is 29.1 Å². The summed E-state index contributed by atoms with van der Waals surface area (Å²) in [5.41, 5.74) is -1.27. The summed E-state index contributed by atoms with van der Waals surface area (Å²) in [5, 5.41) is 13.5. The maximum atomic E-state index is 11.8. The lowest BCUT2D eigenvalue weighted by Crippen LogP contribution is -2.34. The Bertz CT molecular complexity index is 532. The van der Waals surface area contributed by atoms with E-state index in [4.69, 9.17) is 16.3 Å². The molecule has 0 spiro atoms. The molecule has 1 aliphatic rings. The van der Waals surface area contributed by atoms with Crippen LogP contribution in [-0.2, 0) is 9.53 Å². The molecule has 1 aromatic rings. The van der Waals surface area contributed by atoms with Crippen molar-refractivity contribution in [3.8, 4) is 0 Å². The molecule has 0 aliphatic heterocycles. The lowest BCUT2D eigenvalue weighted by atomic mass is 10.2. The second kappa shape index (κ2) is 4.96. The number of carbonyl (C=O) groups excluding carboxylic acids is 1. The van der Waals surface area contributed by atoms with Crippen LogP contribution in [0.4, 0.5) is 11.5 Å². The average molecular weight is 287 g/mol. The van der Waals surface area contributed by atoms with Crippen LogP contribution in [0, 0.1) is 10.1 Å². The first-order valence-electron chi connectivity index (χ1n) is 5.61. The Kier molecular flexibility index (Phi) is 3.52. The number of hydrogen-bond donors (Lipinski definition) is 1. The van der Waals surface area contributed by atoms with Crippen LogP contribution in [0.1, 0.15) is 19.8 Å². The van der Waals surface area contributed by atoms with Crippen LogP contribution in [-0.4, -0.2) is 33.0 Å². The number of carbonyl (C=O) groups is 1. The number of nitrogens with one attached hydrogen (secondary N) is 1. The van der Waals surface area contributed by atoms with Gasteiger partial charge in [0.25, 0.3) is 0 Å². The van der Waals surface area contributed by atoms with Crippen LogP contribution in [0.5, 0.6) is 0 Å². The lowest BCUT2D eigenvalue weighted by Gasteiger charge is -2.16. The van der Waals surface area contributed by atoms with Crippen molar-refractivity contribution < 1.29 is 14.5 Å². The van der Waals surface area contributed by atoms with Gasteiger partial charge in [-0.25, -0.2) is 9.78 Å². The van der Waals surface area contributed by atoms with E-state index in [-0.39, 0.29) is 23.4 Å². The molecule has 1 aromatic heterocycles. The Morgan fingerprint density at radius 3 is 2.89 bits per heavy atom. The first-order chi connectivity index (χ1) is 8.98. The highest BCUT2D eigenvalue weighted by molar-refractivity contribution is 6.28. The predicted molar refractivity (Wildman–Crippen MR) is 65.9 cm³/mol. The molecule has 1 heterocycles. The molecular formula is C10H11ClN4O4. The number of nitrogens with zero attached hydrogens (tertiary/aromatic N) is 3.